The highest BCUT2D eigenvalue weighted by atomic mass is 19.1. The van der Waals surface area contributed by atoms with Crippen LogP contribution in [0.4, 0.5) is 10.1 Å². The van der Waals surface area contributed by atoms with Crippen molar-refractivity contribution < 1.29 is 9.13 Å². The Morgan fingerprint density at radius 1 is 1.14 bits per heavy atom. The van der Waals surface area contributed by atoms with Gasteiger partial charge in [0.25, 0.3) is 0 Å². The Morgan fingerprint density at radius 2 is 1.95 bits per heavy atom. The predicted octanol–water partition coefficient (Wildman–Crippen LogP) is 3.62. The van der Waals surface area contributed by atoms with E-state index in [0.717, 1.165) is 11.5 Å². The summed E-state index contributed by atoms with van der Waals surface area (Å²) < 4.78 is 18.8. The molecule has 1 heterocycles. The zero-order valence-electron chi connectivity index (χ0n) is 10.9. The Labute approximate surface area is 120 Å². The fourth-order valence-electron chi connectivity index (χ4n) is 1.96. The molecule has 0 fully saturated rings. The average Bonchev–Trinajstić information content (AvgIpc) is 2.50. The van der Waals surface area contributed by atoms with Crippen LogP contribution in [0.15, 0.2) is 48.5 Å². The standard InChI is InChI=1S/C16H10FN3O/c17-12-5-6-13(19)15(8-12)21-16-11(9-18)7-10-3-1-2-4-14(10)20-16/h1-8H,19H2. The highest BCUT2D eigenvalue weighted by Crippen LogP contribution is 2.30. The lowest BCUT2D eigenvalue weighted by Gasteiger charge is -2.10. The second-order valence-electron chi connectivity index (χ2n) is 4.43. The van der Waals surface area contributed by atoms with Crippen LogP contribution in [0.2, 0.25) is 0 Å². The summed E-state index contributed by atoms with van der Waals surface area (Å²) >= 11 is 0. The molecule has 0 saturated carbocycles. The lowest BCUT2D eigenvalue weighted by atomic mass is 10.1. The van der Waals surface area contributed by atoms with E-state index in [9.17, 15) is 9.65 Å². The molecule has 0 amide bonds. The zero-order valence-corrected chi connectivity index (χ0v) is 10.9. The second-order valence-corrected chi connectivity index (χ2v) is 4.43. The van der Waals surface area contributed by atoms with Crippen molar-refractivity contribution in [1.82, 2.24) is 4.98 Å². The third kappa shape index (κ3) is 2.47. The zero-order chi connectivity index (χ0) is 14.8. The first-order valence-electron chi connectivity index (χ1n) is 6.20. The minimum Gasteiger partial charge on any atom is -0.435 e. The third-order valence-corrected chi connectivity index (χ3v) is 2.99. The Hall–Kier alpha value is -3.13. The fourth-order valence-corrected chi connectivity index (χ4v) is 1.96. The van der Waals surface area contributed by atoms with Crippen molar-refractivity contribution in [3.8, 4) is 17.7 Å². The van der Waals surface area contributed by atoms with Crippen LogP contribution in [0.3, 0.4) is 0 Å². The highest BCUT2D eigenvalue weighted by molar-refractivity contribution is 5.81. The number of pyridine rings is 1. The number of anilines is 1. The molecule has 0 aliphatic heterocycles. The fraction of sp³-hybridized carbons (Fsp3) is 0. The molecule has 2 N–H and O–H groups in total. The SMILES string of the molecule is N#Cc1cc2ccccc2nc1Oc1cc(F)ccc1N. The number of para-hydroxylation sites is 1. The van der Waals surface area contributed by atoms with Crippen LogP contribution in [-0.4, -0.2) is 4.98 Å². The number of rotatable bonds is 2. The van der Waals surface area contributed by atoms with Gasteiger partial charge >= 0.3 is 0 Å². The number of nitrogens with zero attached hydrogens (tertiary/aromatic N) is 2. The minimum absolute atomic E-state index is 0.105. The van der Waals surface area contributed by atoms with Gasteiger partial charge in [0.05, 0.1) is 11.2 Å². The lowest BCUT2D eigenvalue weighted by molar-refractivity contribution is 0.461. The van der Waals surface area contributed by atoms with Crippen LogP contribution >= 0.6 is 0 Å². The van der Waals surface area contributed by atoms with E-state index in [-0.39, 0.29) is 22.9 Å². The van der Waals surface area contributed by atoms with Crippen molar-refractivity contribution in [1.29, 1.82) is 5.26 Å². The molecule has 0 unspecified atom stereocenters. The van der Waals surface area contributed by atoms with Crippen molar-refractivity contribution in [2.75, 3.05) is 5.73 Å². The van der Waals surface area contributed by atoms with Gasteiger partial charge in [0.15, 0.2) is 5.75 Å². The third-order valence-electron chi connectivity index (χ3n) is 2.99. The van der Waals surface area contributed by atoms with Gasteiger partial charge in [-0.15, -0.1) is 0 Å². The molecule has 21 heavy (non-hydrogen) atoms. The summed E-state index contributed by atoms with van der Waals surface area (Å²) in [5.41, 5.74) is 6.96. The topological polar surface area (TPSA) is 71.9 Å². The number of benzene rings is 2. The van der Waals surface area contributed by atoms with E-state index in [1.54, 1.807) is 12.1 Å². The molecule has 0 spiro atoms. The van der Waals surface area contributed by atoms with Crippen LogP contribution in [0.1, 0.15) is 5.56 Å². The van der Waals surface area contributed by atoms with Crippen molar-refractivity contribution >= 4 is 16.6 Å². The summed E-state index contributed by atoms with van der Waals surface area (Å²) in [7, 11) is 0. The first kappa shape index (κ1) is 12.9. The van der Waals surface area contributed by atoms with Gasteiger partial charge in [0.1, 0.15) is 17.4 Å². The molecule has 1 aromatic heterocycles. The Balaban J connectivity index is 2.11. The number of nitrogens with two attached hydrogens (primary N) is 1. The maximum atomic E-state index is 13.3. The van der Waals surface area contributed by atoms with E-state index >= 15 is 0 Å². The molecule has 0 aliphatic carbocycles. The van der Waals surface area contributed by atoms with Gasteiger partial charge in [0, 0.05) is 11.5 Å². The van der Waals surface area contributed by atoms with Gasteiger partial charge in [-0.1, -0.05) is 18.2 Å². The minimum atomic E-state index is -0.474. The smallest absolute Gasteiger partial charge is 0.237 e. The molecule has 3 rings (SSSR count). The number of hydrogen-bond acceptors (Lipinski definition) is 4. The molecule has 2 aromatic carbocycles. The van der Waals surface area contributed by atoms with E-state index in [2.05, 4.69) is 4.98 Å². The number of nitrogen functional groups attached to an aromatic ring is 1. The maximum Gasteiger partial charge on any atom is 0.237 e. The lowest BCUT2D eigenvalue weighted by Crippen LogP contribution is -1.97. The number of ether oxygens (including phenoxy) is 1. The predicted molar refractivity (Wildman–Crippen MR) is 77.3 cm³/mol. The van der Waals surface area contributed by atoms with Gasteiger partial charge in [-0.05, 0) is 24.3 Å². The van der Waals surface area contributed by atoms with E-state index in [1.807, 2.05) is 24.3 Å². The van der Waals surface area contributed by atoms with Crippen LogP contribution in [0.25, 0.3) is 10.9 Å². The van der Waals surface area contributed by atoms with Crippen LogP contribution in [-0.2, 0) is 0 Å². The summed E-state index contributed by atoms with van der Waals surface area (Å²) in [6, 6.07) is 14.8. The molecule has 0 saturated heterocycles. The average molecular weight is 279 g/mol. The van der Waals surface area contributed by atoms with Crippen molar-refractivity contribution in [2.45, 2.75) is 0 Å². The van der Waals surface area contributed by atoms with Gasteiger partial charge in [-0.2, -0.15) is 5.26 Å². The van der Waals surface area contributed by atoms with Crippen LogP contribution < -0.4 is 10.5 Å². The van der Waals surface area contributed by atoms with Gasteiger partial charge in [0.2, 0.25) is 5.88 Å². The van der Waals surface area contributed by atoms with E-state index in [0.29, 0.717) is 5.52 Å². The van der Waals surface area contributed by atoms with Crippen molar-refractivity contribution in [2.24, 2.45) is 0 Å². The van der Waals surface area contributed by atoms with Crippen LogP contribution in [0, 0.1) is 17.1 Å². The number of halogens is 1. The van der Waals surface area contributed by atoms with E-state index < -0.39 is 5.82 Å². The Bertz CT molecular complexity index is 871. The Morgan fingerprint density at radius 3 is 2.76 bits per heavy atom. The number of aromatic nitrogens is 1. The van der Waals surface area contributed by atoms with Crippen LogP contribution in [0.5, 0.6) is 11.6 Å². The summed E-state index contributed by atoms with van der Waals surface area (Å²) in [6.45, 7) is 0. The summed E-state index contributed by atoms with van der Waals surface area (Å²) in [5.74, 6) is -0.235. The quantitative estimate of drug-likeness (QED) is 0.727. The molecule has 5 heteroatoms. The molecular formula is C16H10FN3O. The highest BCUT2D eigenvalue weighted by Gasteiger charge is 2.11. The molecule has 3 aromatic rings. The number of hydrogen-bond donors (Lipinski definition) is 1. The monoisotopic (exact) mass is 279 g/mol. The largest absolute Gasteiger partial charge is 0.435 e. The molecular weight excluding hydrogens is 269 g/mol. The molecule has 4 nitrogen and oxygen atoms in total. The molecule has 0 aliphatic rings. The Kier molecular flexibility index (Phi) is 3.13. The number of nitriles is 1. The van der Waals surface area contributed by atoms with Gasteiger partial charge in [-0.25, -0.2) is 9.37 Å². The molecule has 0 radical (unpaired) electrons. The first-order valence-corrected chi connectivity index (χ1v) is 6.20. The molecule has 0 atom stereocenters. The normalized spacial score (nSPS) is 10.3. The second kappa shape index (κ2) is 5.10. The van der Waals surface area contributed by atoms with Gasteiger partial charge < -0.3 is 10.5 Å². The molecule has 0 bridgehead atoms. The summed E-state index contributed by atoms with van der Waals surface area (Å²) in [6.07, 6.45) is 0. The van der Waals surface area contributed by atoms with Gasteiger partial charge in [-0.3, -0.25) is 0 Å². The van der Waals surface area contributed by atoms with E-state index in [1.165, 1.54) is 12.1 Å². The van der Waals surface area contributed by atoms with E-state index in [4.69, 9.17) is 10.5 Å². The van der Waals surface area contributed by atoms with Crippen molar-refractivity contribution in [3.05, 3.63) is 59.9 Å². The molecule has 102 valence electrons. The maximum absolute atomic E-state index is 13.3. The van der Waals surface area contributed by atoms with Crippen molar-refractivity contribution in [3.63, 3.8) is 0 Å². The summed E-state index contributed by atoms with van der Waals surface area (Å²) in [5, 5.41) is 10.0. The number of fused-ring (bicyclic) bond motifs is 1. The summed E-state index contributed by atoms with van der Waals surface area (Å²) in [4.78, 5) is 4.29. The first-order chi connectivity index (χ1) is 10.2.